The molecule has 2 unspecified atom stereocenters. The van der Waals surface area contributed by atoms with E-state index in [2.05, 4.69) is 23.8 Å². The van der Waals surface area contributed by atoms with E-state index in [4.69, 9.17) is 0 Å². The van der Waals surface area contributed by atoms with E-state index in [-0.39, 0.29) is 23.3 Å². The van der Waals surface area contributed by atoms with Crippen LogP contribution in [0.4, 0.5) is 0 Å². The number of hydrogen-bond acceptors (Lipinski definition) is 5. The lowest BCUT2D eigenvalue weighted by Gasteiger charge is -2.29. The first-order chi connectivity index (χ1) is 12.9. The summed E-state index contributed by atoms with van der Waals surface area (Å²) in [6.07, 6.45) is 6.34. The van der Waals surface area contributed by atoms with Gasteiger partial charge in [0.25, 0.3) is 5.56 Å². The molecular weight excluding hydrogens is 378 g/mol. The van der Waals surface area contributed by atoms with Crippen molar-refractivity contribution in [2.45, 2.75) is 64.2 Å². The standard InChI is InChI=1S/C20H27N3O2S2/c1-5-10-23-19(25)17-13(3)14(4)27-18(17)22-20(23)26-11-16(24)21-15-9-7-6-8-12(15)2/h5,12,15H,1,6-11H2,2-4H3,(H,21,24). The van der Waals surface area contributed by atoms with Gasteiger partial charge in [0.2, 0.25) is 5.91 Å². The first-order valence-corrected chi connectivity index (χ1v) is 11.3. The maximum Gasteiger partial charge on any atom is 0.263 e. The second-order valence-electron chi connectivity index (χ2n) is 7.29. The minimum absolute atomic E-state index is 0.0109. The van der Waals surface area contributed by atoms with Crippen LogP contribution in [-0.2, 0) is 11.3 Å². The largest absolute Gasteiger partial charge is 0.352 e. The van der Waals surface area contributed by atoms with E-state index in [0.29, 0.717) is 23.0 Å². The van der Waals surface area contributed by atoms with Gasteiger partial charge in [-0.25, -0.2) is 4.98 Å². The Hall–Kier alpha value is -1.60. The fourth-order valence-corrected chi connectivity index (χ4v) is 5.51. The second kappa shape index (κ2) is 8.61. The fraction of sp³-hybridized carbons (Fsp3) is 0.550. The SMILES string of the molecule is C=CCn1c(SCC(=O)NC2CCCCC2C)nc2sc(C)c(C)c2c1=O. The molecular formula is C20H27N3O2S2. The van der Waals surface area contributed by atoms with Crippen LogP contribution in [0.25, 0.3) is 10.2 Å². The lowest BCUT2D eigenvalue weighted by atomic mass is 9.86. The molecule has 0 bridgehead atoms. The number of thioether (sulfide) groups is 1. The maximum absolute atomic E-state index is 12.9. The van der Waals surface area contributed by atoms with Crippen LogP contribution in [0.2, 0.25) is 0 Å². The Morgan fingerprint density at radius 3 is 2.85 bits per heavy atom. The molecule has 0 saturated heterocycles. The molecule has 5 nitrogen and oxygen atoms in total. The minimum Gasteiger partial charge on any atom is -0.352 e. The normalized spacial score (nSPS) is 20.0. The van der Waals surface area contributed by atoms with E-state index >= 15 is 0 Å². The van der Waals surface area contributed by atoms with Crippen molar-refractivity contribution in [3.8, 4) is 0 Å². The Morgan fingerprint density at radius 2 is 2.15 bits per heavy atom. The zero-order chi connectivity index (χ0) is 19.6. The maximum atomic E-state index is 12.9. The summed E-state index contributed by atoms with van der Waals surface area (Å²) in [5, 5.41) is 4.43. The summed E-state index contributed by atoms with van der Waals surface area (Å²) in [5.74, 6) is 0.803. The van der Waals surface area contributed by atoms with Crippen molar-refractivity contribution < 1.29 is 4.79 Å². The highest BCUT2D eigenvalue weighted by molar-refractivity contribution is 7.99. The van der Waals surface area contributed by atoms with Gasteiger partial charge in [0, 0.05) is 17.5 Å². The number of nitrogens with zero attached hydrogens (tertiary/aromatic N) is 2. The molecule has 1 N–H and O–H groups in total. The van der Waals surface area contributed by atoms with Crippen molar-refractivity contribution in [2.24, 2.45) is 5.92 Å². The van der Waals surface area contributed by atoms with Crippen molar-refractivity contribution in [1.82, 2.24) is 14.9 Å². The molecule has 2 aromatic rings. The van der Waals surface area contributed by atoms with E-state index in [0.717, 1.165) is 21.7 Å². The van der Waals surface area contributed by atoms with Crippen LogP contribution in [0.3, 0.4) is 0 Å². The number of allylic oxidation sites excluding steroid dienone is 1. The van der Waals surface area contributed by atoms with Gasteiger partial charge < -0.3 is 5.32 Å². The molecule has 2 heterocycles. The van der Waals surface area contributed by atoms with Gasteiger partial charge in [-0.05, 0) is 38.2 Å². The molecule has 0 aromatic carbocycles. The summed E-state index contributed by atoms with van der Waals surface area (Å²) in [6, 6.07) is 0.264. The molecule has 0 radical (unpaired) electrons. The third kappa shape index (κ3) is 4.29. The number of carbonyl (C=O) groups is 1. The van der Waals surface area contributed by atoms with Gasteiger partial charge in [0.15, 0.2) is 5.16 Å². The molecule has 0 aliphatic heterocycles. The lowest BCUT2D eigenvalue weighted by molar-refractivity contribution is -0.119. The molecule has 1 aliphatic carbocycles. The number of thiophene rings is 1. The summed E-state index contributed by atoms with van der Waals surface area (Å²) < 4.78 is 1.62. The van der Waals surface area contributed by atoms with E-state index in [1.807, 2.05) is 13.8 Å². The number of nitrogens with one attached hydrogen (secondary N) is 1. The Kier molecular flexibility index (Phi) is 6.42. The van der Waals surface area contributed by atoms with Crippen LogP contribution >= 0.6 is 23.1 Å². The van der Waals surface area contributed by atoms with Crippen LogP contribution in [0.5, 0.6) is 0 Å². The van der Waals surface area contributed by atoms with E-state index in [1.54, 1.807) is 10.6 Å². The molecule has 2 atom stereocenters. The van der Waals surface area contributed by atoms with Gasteiger partial charge in [0.1, 0.15) is 4.83 Å². The van der Waals surface area contributed by atoms with Gasteiger partial charge in [-0.2, -0.15) is 0 Å². The molecule has 27 heavy (non-hydrogen) atoms. The van der Waals surface area contributed by atoms with Gasteiger partial charge in [-0.3, -0.25) is 14.2 Å². The molecule has 1 amide bonds. The predicted molar refractivity (Wildman–Crippen MR) is 114 cm³/mol. The van der Waals surface area contributed by atoms with Crippen LogP contribution in [0.1, 0.15) is 43.0 Å². The monoisotopic (exact) mass is 405 g/mol. The molecule has 3 rings (SSSR count). The average molecular weight is 406 g/mol. The van der Waals surface area contributed by atoms with Gasteiger partial charge in [-0.15, -0.1) is 17.9 Å². The summed E-state index contributed by atoms with van der Waals surface area (Å²) in [7, 11) is 0. The highest BCUT2D eigenvalue weighted by atomic mass is 32.2. The number of hydrogen-bond donors (Lipinski definition) is 1. The first kappa shape index (κ1) is 20.1. The highest BCUT2D eigenvalue weighted by Crippen LogP contribution is 2.28. The third-order valence-corrected chi connectivity index (χ3v) is 7.43. The molecule has 2 aromatic heterocycles. The smallest absolute Gasteiger partial charge is 0.263 e. The zero-order valence-electron chi connectivity index (χ0n) is 16.2. The molecule has 7 heteroatoms. The number of amides is 1. The molecule has 1 aliphatic rings. The Bertz CT molecular complexity index is 916. The highest BCUT2D eigenvalue weighted by Gasteiger charge is 2.23. The quantitative estimate of drug-likeness (QED) is 0.447. The minimum atomic E-state index is -0.0504. The van der Waals surface area contributed by atoms with Crippen molar-refractivity contribution in [3.05, 3.63) is 33.4 Å². The van der Waals surface area contributed by atoms with Crippen LogP contribution < -0.4 is 10.9 Å². The number of fused-ring (bicyclic) bond motifs is 1. The topological polar surface area (TPSA) is 64.0 Å². The zero-order valence-corrected chi connectivity index (χ0v) is 17.8. The Morgan fingerprint density at radius 1 is 1.41 bits per heavy atom. The van der Waals surface area contributed by atoms with Crippen LogP contribution in [0, 0.1) is 19.8 Å². The lowest BCUT2D eigenvalue weighted by Crippen LogP contribution is -2.41. The number of aromatic nitrogens is 2. The Balaban J connectivity index is 1.79. The molecule has 1 saturated carbocycles. The number of carbonyl (C=O) groups excluding carboxylic acids is 1. The Labute approximate surface area is 168 Å². The van der Waals surface area contributed by atoms with Gasteiger partial charge in [0.05, 0.1) is 11.1 Å². The number of rotatable bonds is 6. The summed E-state index contributed by atoms with van der Waals surface area (Å²) in [6.45, 7) is 10.3. The van der Waals surface area contributed by atoms with Gasteiger partial charge >= 0.3 is 0 Å². The number of aryl methyl sites for hydroxylation is 2. The van der Waals surface area contributed by atoms with Crippen molar-refractivity contribution in [3.63, 3.8) is 0 Å². The predicted octanol–water partition coefficient (Wildman–Crippen LogP) is 4.05. The van der Waals surface area contributed by atoms with Crippen molar-refractivity contribution in [1.29, 1.82) is 0 Å². The third-order valence-electron chi connectivity index (χ3n) is 5.36. The fourth-order valence-electron chi connectivity index (χ4n) is 3.62. The van der Waals surface area contributed by atoms with E-state index in [1.165, 1.54) is 42.4 Å². The molecule has 146 valence electrons. The molecule has 1 fully saturated rings. The average Bonchev–Trinajstić information content (AvgIpc) is 2.92. The van der Waals surface area contributed by atoms with Crippen molar-refractivity contribution in [2.75, 3.05) is 5.75 Å². The van der Waals surface area contributed by atoms with Crippen molar-refractivity contribution >= 4 is 39.2 Å². The first-order valence-electron chi connectivity index (χ1n) is 9.46. The second-order valence-corrected chi connectivity index (χ2v) is 9.43. The summed E-state index contributed by atoms with van der Waals surface area (Å²) in [5.41, 5.74) is 0.941. The van der Waals surface area contributed by atoms with Gasteiger partial charge in [-0.1, -0.05) is 37.6 Å². The summed E-state index contributed by atoms with van der Waals surface area (Å²) >= 11 is 2.86. The molecule has 0 spiro atoms. The summed E-state index contributed by atoms with van der Waals surface area (Å²) in [4.78, 5) is 31.9. The van der Waals surface area contributed by atoms with E-state index in [9.17, 15) is 9.59 Å². The van der Waals surface area contributed by atoms with E-state index < -0.39 is 0 Å². The van der Waals surface area contributed by atoms with Crippen LogP contribution in [0.15, 0.2) is 22.6 Å². The van der Waals surface area contributed by atoms with Crippen LogP contribution in [-0.4, -0.2) is 27.3 Å².